The van der Waals surface area contributed by atoms with Crippen LogP contribution in [-0.4, -0.2) is 28.8 Å². The molecule has 0 spiro atoms. The van der Waals surface area contributed by atoms with Gasteiger partial charge in [-0.25, -0.2) is 0 Å². The molecule has 4 N–H and O–H groups in total. The average molecular weight is 391 g/mol. The lowest BCUT2D eigenvalue weighted by Crippen LogP contribution is -2.47. The minimum Gasteiger partial charge on any atom is -0.505 e. The van der Waals surface area contributed by atoms with Gasteiger partial charge in [0.2, 0.25) is 11.6 Å². The molecule has 28 heavy (non-hydrogen) atoms. The molecule has 2 atom stereocenters. The second kappa shape index (κ2) is 12.1. The molecule has 2 aliphatic carbocycles. The Labute approximate surface area is 169 Å². The smallest absolute Gasteiger partial charge is 0.232 e. The van der Waals surface area contributed by atoms with E-state index in [-0.39, 0.29) is 23.4 Å². The van der Waals surface area contributed by atoms with Gasteiger partial charge in [0, 0.05) is 23.7 Å². The van der Waals surface area contributed by atoms with Crippen molar-refractivity contribution in [3.05, 3.63) is 23.1 Å². The van der Waals surface area contributed by atoms with Crippen molar-refractivity contribution in [3.8, 4) is 0 Å². The van der Waals surface area contributed by atoms with Crippen LogP contribution in [0.15, 0.2) is 23.1 Å². The molecule has 0 amide bonds. The minimum atomic E-state index is -0.560. The molecule has 0 aliphatic heterocycles. The largest absolute Gasteiger partial charge is 0.505 e. The number of carbonyl (C=O) groups is 2. The fourth-order valence-electron chi connectivity index (χ4n) is 4.18. The van der Waals surface area contributed by atoms with Gasteiger partial charge in [-0.15, -0.1) is 0 Å². The summed E-state index contributed by atoms with van der Waals surface area (Å²) in [5.74, 6) is -1.16. The Morgan fingerprint density at radius 3 is 2.25 bits per heavy atom. The van der Waals surface area contributed by atoms with E-state index in [9.17, 15) is 14.7 Å². The molecule has 1 saturated carbocycles. The maximum atomic E-state index is 12.2. The van der Waals surface area contributed by atoms with Gasteiger partial charge in [-0.2, -0.15) is 0 Å². The predicted octanol–water partition coefficient (Wildman–Crippen LogP) is 4.61. The van der Waals surface area contributed by atoms with Gasteiger partial charge in [0.05, 0.1) is 5.70 Å². The third kappa shape index (κ3) is 6.77. The number of ketones is 2. The number of allylic oxidation sites excluding steroid dienone is 2. The normalized spacial score (nSPS) is 23.1. The standard InChI is InChI=1S/C23H38N2O3/c1-2-3-4-5-6-7-8-9-10-13-17-22(27)20(16-21(26)23(17)28)25-19-15-12-11-14-18(19)24/h16,18-19,25,27H,2-15,24H2,1H3/t18-,19-/m1/s1. The maximum absolute atomic E-state index is 12.2. The van der Waals surface area contributed by atoms with Gasteiger partial charge < -0.3 is 16.2 Å². The highest BCUT2D eigenvalue weighted by Gasteiger charge is 2.30. The van der Waals surface area contributed by atoms with Crippen LogP contribution in [0.25, 0.3) is 0 Å². The van der Waals surface area contributed by atoms with Gasteiger partial charge in [0.25, 0.3) is 0 Å². The topological polar surface area (TPSA) is 92.4 Å². The average Bonchev–Trinajstić information content (AvgIpc) is 2.68. The quantitative estimate of drug-likeness (QED) is 0.257. The Morgan fingerprint density at radius 2 is 1.61 bits per heavy atom. The molecule has 0 aromatic carbocycles. The van der Waals surface area contributed by atoms with Crippen molar-refractivity contribution in [2.75, 3.05) is 0 Å². The van der Waals surface area contributed by atoms with Crippen LogP contribution < -0.4 is 11.1 Å². The molecular formula is C23H38N2O3. The molecule has 0 radical (unpaired) electrons. The number of aliphatic hydroxyl groups is 1. The Balaban J connectivity index is 1.81. The highest BCUT2D eigenvalue weighted by atomic mass is 16.3. The number of hydrogen-bond donors (Lipinski definition) is 3. The second-order valence-electron chi connectivity index (χ2n) is 8.36. The molecule has 0 bridgehead atoms. The summed E-state index contributed by atoms with van der Waals surface area (Å²) in [6, 6.07) is 0.0491. The zero-order chi connectivity index (χ0) is 20.4. The maximum Gasteiger partial charge on any atom is 0.232 e. The molecule has 5 nitrogen and oxygen atoms in total. The van der Waals surface area contributed by atoms with Crippen molar-refractivity contribution in [2.45, 2.75) is 109 Å². The lowest BCUT2D eigenvalue weighted by atomic mass is 9.89. The molecule has 2 aliphatic rings. The summed E-state index contributed by atoms with van der Waals surface area (Å²) in [7, 11) is 0. The van der Waals surface area contributed by atoms with E-state index in [0.717, 1.165) is 44.9 Å². The molecular weight excluding hydrogens is 352 g/mol. The summed E-state index contributed by atoms with van der Waals surface area (Å²) in [4.78, 5) is 24.3. The third-order valence-corrected chi connectivity index (χ3v) is 6.00. The molecule has 0 saturated heterocycles. The van der Waals surface area contributed by atoms with Crippen LogP contribution in [0.2, 0.25) is 0 Å². The van der Waals surface area contributed by atoms with Gasteiger partial charge in [-0.1, -0.05) is 71.1 Å². The molecule has 5 heteroatoms. The van der Waals surface area contributed by atoms with Crippen molar-refractivity contribution in [2.24, 2.45) is 5.73 Å². The van der Waals surface area contributed by atoms with Gasteiger partial charge in [0.1, 0.15) is 5.76 Å². The zero-order valence-corrected chi connectivity index (χ0v) is 17.5. The molecule has 0 aromatic heterocycles. The first-order valence-corrected chi connectivity index (χ1v) is 11.3. The fourth-order valence-corrected chi connectivity index (χ4v) is 4.18. The van der Waals surface area contributed by atoms with E-state index in [4.69, 9.17) is 5.73 Å². The lowest BCUT2D eigenvalue weighted by Gasteiger charge is -2.31. The Bertz CT molecular complexity index is 595. The number of Topliss-reactive ketones (excluding diaryl/α,β-unsaturated/α-hetero) is 1. The van der Waals surface area contributed by atoms with Crippen molar-refractivity contribution < 1.29 is 14.7 Å². The summed E-state index contributed by atoms with van der Waals surface area (Å²) in [5.41, 5.74) is 6.80. The van der Waals surface area contributed by atoms with Gasteiger partial charge in [-0.3, -0.25) is 9.59 Å². The van der Waals surface area contributed by atoms with Crippen molar-refractivity contribution in [3.63, 3.8) is 0 Å². The Kier molecular flexibility index (Phi) is 9.76. The highest BCUT2D eigenvalue weighted by Crippen LogP contribution is 2.25. The molecule has 2 rings (SSSR count). The highest BCUT2D eigenvalue weighted by molar-refractivity contribution is 6.48. The van der Waals surface area contributed by atoms with Crippen LogP contribution in [0.4, 0.5) is 0 Å². The van der Waals surface area contributed by atoms with E-state index in [1.807, 2.05) is 0 Å². The predicted molar refractivity (Wildman–Crippen MR) is 113 cm³/mol. The number of unbranched alkanes of at least 4 members (excludes halogenated alkanes) is 8. The molecule has 1 fully saturated rings. The Morgan fingerprint density at radius 1 is 1.00 bits per heavy atom. The van der Waals surface area contributed by atoms with Crippen LogP contribution in [0.3, 0.4) is 0 Å². The van der Waals surface area contributed by atoms with Crippen LogP contribution in [-0.2, 0) is 9.59 Å². The van der Waals surface area contributed by atoms with Gasteiger partial charge in [0.15, 0.2) is 0 Å². The number of hydrogen-bond acceptors (Lipinski definition) is 5. The first-order valence-electron chi connectivity index (χ1n) is 11.3. The molecule has 0 unspecified atom stereocenters. The monoisotopic (exact) mass is 390 g/mol. The van der Waals surface area contributed by atoms with E-state index in [1.54, 1.807) is 0 Å². The van der Waals surface area contributed by atoms with E-state index >= 15 is 0 Å². The summed E-state index contributed by atoms with van der Waals surface area (Å²) in [6.07, 6.45) is 16.4. The first-order chi connectivity index (χ1) is 13.5. The minimum absolute atomic E-state index is 0.0101. The second-order valence-corrected chi connectivity index (χ2v) is 8.36. The molecule has 0 aromatic rings. The van der Waals surface area contributed by atoms with E-state index < -0.39 is 11.6 Å². The summed E-state index contributed by atoms with van der Waals surface area (Å²) >= 11 is 0. The number of nitrogens with one attached hydrogen (secondary N) is 1. The number of aliphatic hydroxyl groups excluding tert-OH is 1. The van der Waals surface area contributed by atoms with E-state index in [1.165, 1.54) is 44.6 Å². The first kappa shape index (κ1) is 22.7. The van der Waals surface area contributed by atoms with Crippen molar-refractivity contribution in [1.29, 1.82) is 0 Å². The van der Waals surface area contributed by atoms with Crippen molar-refractivity contribution >= 4 is 11.6 Å². The summed E-state index contributed by atoms with van der Waals surface area (Å²) < 4.78 is 0. The number of rotatable bonds is 12. The van der Waals surface area contributed by atoms with E-state index in [0.29, 0.717) is 12.1 Å². The summed E-state index contributed by atoms with van der Waals surface area (Å²) in [6.45, 7) is 2.22. The van der Waals surface area contributed by atoms with Gasteiger partial charge in [-0.05, 0) is 25.7 Å². The Hall–Kier alpha value is -1.62. The SMILES string of the molecule is CCCCCCCCCCCC1=C(O)C(N[C@@H]2CCCC[C@H]2N)=CC(=O)C1=O. The number of nitrogens with two attached hydrogens (primary N) is 1. The van der Waals surface area contributed by atoms with E-state index in [2.05, 4.69) is 12.2 Å². The van der Waals surface area contributed by atoms with Crippen LogP contribution in [0.1, 0.15) is 96.8 Å². The van der Waals surface area contributed by atoms with Crippen LogP contribution in [0, 0.1) is 0 Å². The third-order valence-electron chi connectivity index (χ3n) is 6.00. The van der Waals surface area contributed by atoms with Crippen LogP contribution >= 0.6 is 0 Å². The number of carbonyl (C=O) groups excluding carboxylic acids is 2. The zero-order valence-electron chi connectivity index (χ0n) is 17.5. The lowest BCUT2D eigenvalue weighted by molar-refractivity contribution is -0.132. The van der Waals surface area contributed by atoms with Gasteiger partial charge >= 0.3 is 0 Å². The molecule has 0 heterocycles. The van der Waals surface area contributed by atoms with Crippen LogP contribution in [0.5, 0.6) is 0 Å². The van der Waals surface area contributed by atoms with Crippen molar-refractivity contribution in [1.82, 2.24) is 5.32 Å². The molecule has 158 valence electrons. The summed E-state index contributed by atoms with van der Waals surface area (Å²) in [5, 5.41) is 13.8. The fraction of sp³-hybridized carbons (Fsp3) is 0.739.